The van der Waals surface area contributed by atoms with Gasteiger partial charge < -0.3 is 14.5 Å². The number of carbonyl (C=O) groups is 1. The average Bonchev–Trinajstić information content (AvgIpc) is 3.05. The van der Waals surface area contributed by atoms with Crippen LogP contribution >= 0.6 is 0 Å². The topological polar surface area (TPSA) is 36.0 Å². The summed E-state index contributed by atoms with van der Waals surface area (Å²) in [5.41, 5.74) is 3.32. The molecule has 0 aromatic heterocycles. The number of likely N-dealkylation sites (N-methyl/N-ethyl adjacent to an activating group) is 1. The van der Waals surface area contributed by atoms with Crippen molar-refractivity contribution in [2.45, 2.75) is 38.0 Å². The molecule has 0 radical (unpaired) electrons. The lowest BCUT2D eigenvalue weighted by atomic mass is 9.87. The molecule has 2 fully saturated rings. The van der Waals surface area contributed by atoms with Crippen molar-refractivity contribution in [3.8, 4) is 0 Å². The zero-order chi connectivity index (χ0) is 22.1. The predicted molar refractivity (Wildman–Crippen MR) is 122 cm³/mol. The standard InChI is InChI=1S/C26H32FN3O2/c1-2-28-15-16-29-13-12-24(32-18-22(29)17-28)26(31)30-14-11-19-5-3-4-6-23(19)25(30)20-7-9-21(27)10-8-20/h3-10,22,24-25H,2,11-18H2,1H3/t22-,24-,25+/m1/s1. The molecule has 32 heavy (non-hydrogen) atoms. The van der Waals surface area contributed by atoms with Crippen LogP contribution in [0.2, 0.25) is 0 Å². The van der Waals surface area contributed by atoms with Gasteiger partial charge in [0.2, 0.25) is 0 Å². The average molecular weight is 438 g/mol. The van der Waals surface area contributed by atoms with Crippen LogP contribution in [0.5, 0.6) is 0 Å². The first-order chi connectivity index (χ1) is 15.6. The van der Waals surface area contributed by atoms with Gasteiger partial charge in [-0.15, -0.1) is 0 Å². The molecular formula is C26H32FN3O2. The summed E-state index contributed by atoms with van der Waals surface area (Å²) in [6.07, 6.45) is 1.12. The molecule has 5 nitrogen and oxygen atoms in total. The molecule has 0 spiro atoms. The number of ether oxygens (including phenoxy) is 1. The third-order valence-electron chi connectivity index (χ3n) is 7.33. The largest absolute Gasteiger partial charge is 0.367 e. The number of halogens is 1. The maximum Gasteiger partial charge on any atom is 0.252 e. The van der Waals surface area contributed by atoms with Gasteiger partial charge >= 0.3 is 0 Å². The van der Waals surface area contributed by atoms with E-state index in [1.807, 2.05) is 17.0 Å². The predicted octanol–water partition coefficient (Wildman–Crippen LogP) is 3.09. The molecule has 1 amide bonds. The lowest BCUT2D eigenvalue weighted by Gasteiger charge is -2.39. The zero-order valence-electron chi connectivity index (χ0n) is 18.8. The smallest absolute Gasteiger partial charge is 0.252 e. The van der Waals surface area contributed by atoms with Crippen LogP contribution in [-0.2, 0) is 16.0 Å². The quantitative estimate of drug-likeness (QED) is 0.740. The molecule has 0 N–H and O–H groups in total. The van der Waals surface area contributed by atoms with Crippen molar-refractivity contribution < 1.29 is 13.9 Å². The van der Waals surface area contributed by atoms with Gasteiger partial charge in [0, 0.05) is 38.8 Å². The first kappa shape index (κ1) is 21.6. The van der Waals surface area contributed by atoms with E-state index in [9.17, 15) is 9.18 Å². The summed E-state index contributed by atoms with van der Waals surface area (Å²) in [4.78, 5) is 20.7. The highest BCUT2D eigenvalue weighted by molar-refractivity contribution is 5.82. The first-order valence-electron chi connectivity index (χ1n) is 11.9. The summed E-state index contributed by atoms with van der Waals surface area (Å²) in [5, 5.41) is 0. The second-order valence-electron chi connectivity index (χ2n) is 9.13. The summed E-state index contributed by atoms with van der Waals surface area (Å²) < 4.78 is 19.9. The molecule has 0 aliphatic carbocycles. The minimum absolute atomic E-state index is 0.0565. The summed E-state index contributed by atoms with van der Waals surface area (Å²) in [6.45, 7) is 8.52. The monoisotopic (exact) mass is 437 g/mol. The van der Waals surface area contributed by atoms with Gasteiger partial charge in [-0.3, -0.25) is 9.69 Å². The Hall–Kier alpha value is -2.28. The number of carbonyl (C=O) groups excluding carboxylic acids is 1. The number of amides is 1. The maximum atomic E-state index is 13.8. The molecule has 3 atom stereocenters. The van der Waals surface area contributed by atoms with Gasteiger partial charge in [0.15, 0.2) is 0 Å². The van der Waals surface area contributed by atoms with Crippen LogP contribution in [0.4, 0.5) is 4.39 Å². The molecule has 5 rings (SSSR count). The van der Waals surface area contributed by atoms with E-state index in [-0.39, 0.29) is 17.8 Å². The Kier molecular flexibility index (Phi) is 6.26. The highest BCUT2D eigenvalue weighted by Crippen LogP contribution is 2.36. The van der Waals surface area contributed by atoms with Gasteiger partial charge in [-0.05, 0) is 48.2 Å². The second-order valence-corrected chi connectivity index (χ2v) is 9.13. The van der Waals surface area contributed by atoms with E-state index in [2.05, 4.69) is 28.9 Å². The lowest BCUT2D eigenvalue weighted by Crippen LogP contribution is -2.54. The SMILES string of the molecule is CCN1CCN2CC[C@H](C(=O)N3CCc4ccccc4[C@@H]3c3ccc(F)cc3)OC[C@H]2C1. The van der Waals surface area contributed by atoms with Crippen molar-refractivity contribution in [1.82, 2.24) is 14.7 Å². The third-order valence-corrected chi connectivity index (χ3v) is 7.33. The summed E-state index contributed by atoms with van der Waals surface area (Å²) >= 11 is 0. The van der Waals surface area contributed by atoms with E-state index in [1.165, 1.54) is 17.7 Å². The Bertz CT molecular complexity index is 950. The minimum Gasteiger partial charge on any atom is -0.367 e. The molecule has 170 valence electrons. The number of fused-ring (bicyclic) bond motifs is 2. The van der Waals surface area contributed by atoms with E-state index < -0.39 is 6.10 Å². The van der Waals surface area contributed by atoms with Crippen molar-refractivity contribution in [1.29, 1.82) is 0 Å². The van der Waals surface area contributed by atoms with E-state index in [0.29, 0.717) is 19.2 Å². The lowest BCUT2D eigenvalue weighted by molar-refractivity contribution is -0.146. The molecule has 3 aliphatic rings. The number of nitrogens with zero attached hydrogens (tertiary/aromatic N) is 3. The van der Waals surface area contributed by atoms with Crippen LogP contribution in [0, 0.1) is 5.82 Å². The molecule has 2 aromatic carbocycles. The van der Waals surface area contributed by atoms with Gasteiger partial charge in [0.1, 0.15) is 11.9 Å². The van der Waals surface area contributed by atoms with Crippen LogP contribution in [0.15, 0.2) is 48.5 Å². The highest BCUT2D eigenvalue weighted by atomic mass is 19.1. The van der Waals surface area contributed by atoms with E-state index in [4.69, 9.17) is 4.74 Å². The molecule has 6 heteroatoms. The molecule has 2 saturated heterocycles. The van der Waals surface area contributed by atoms with Crippen molar-refractivity contribution in [2.24, 2.45) is 0 Å². The van der Waals surface area contributed by atoms with Crippen LogP contribution < -0.4 is 0 Å². The van der Waals surface area contributed by atoms with Gasteiger partial charge in [-0.1, -0.05) is 43.3 Å². The van der Waals surface area contributed by atoms with Crippen LogP contribution in [-0.4, -0.2) is 78.6 Å². The molecule has 0 unspecified atom stereocenters. The van der Waals surface area contributed by atoms with Gasteiger partial charge in [-0.2, -0.15) is 0 Å². The van der Waals surface area contributed by atoms with E-state index in [0.717, 1.165) is 56.7 Å². The molecule has 2 aromatic rings. The second kappa shape index (κ2) is 9.30. The van der Waals surface area contributed by atoms with E-state index >= 15 is 0 Å². The summed E-state index contributed by atoms with van der Waals surface area (Å²) in [6, 6.07) is 15.0. The van der Waals surface area contributed by atoms with Crippen LogP contribution in [0.3, 0.4) is 0 Å². The fourth-order valence-electron chi connectivity index (χ4n) is 5.48. The van der Waals surface area contributed by atoms with Crippen LogP contribution in [0.1, 0.15) is 36.1 Å². The first-order valence-corrected chi connectivity index (χ1v) is 11.9. The van der Waals surface area contributed by atoms with E-state index in [1.54, 1.807) is 12.1 Å². The minimum atomic E-state index is -0.427. The fourth-order valence-corrected chi connectivity index (χ4v) is 5.48. The molecule has 3 heterocycles. The normalized spacial score (nSPS) is 26.8. The Morgan fingerprint density at radius 2 is 1.88 bits per heavy atom. The molecule has 0 saturated carbocycles. The molecule has 0 bridgehead atoms. The Labute approximate surface area is 189 Å². The highest BCUT2D eigenvalue weighted by Gasteiger charge is 2.38. The Morgan fingerprint density at radius 3 is 2.69 bits per heavy atom. The summed E-state index contributed by atoms with van der Waals surface area (Å²) in [5.74, 6) is -0.207. The fraction of sp³-hybridized carbons (Fsp3) is 0.500. The summed E-state index contributed by atoms with van der Waals surface area (Å²) in [7, 11) is 0. The number of piperazine rings is 1. The van der Waals surface area contributed by atoms with Crippen molar-refractivity contribution >= 4 is 5.91 Å². The zero-order valence-corrected chi connectivity index (χ0v) is 18.8. The van der Waals surface area contributed by atoms with Crippen molar-refractivity contribution in [2.75, 3.05) is 45.9 Å². The molecule has 3 aliphatic heterocycles. The maximum absolute atomic E-state index is 13.8. The van der Waals surface area contributed by atoms with Gasteiger partial charge in [-0.25, -0.2) is 4.39 Å². The number of hydrogen-bond acceptors (Lipinski definition) is 4. The van der Waals surface area contributed by atoms with Gasteiger partial charge in [0.05, 0.1) is 12.6 Å². The number of benzene rings is 2. The number of rotatable bonds is 3. The number of hydrogen-bond donors (Lipinski definition) is 0. The Morgan fingerprint density at radius 1 is 1.06 bits per heavy atom. The Balaban J connectivity index is 1.39. The van der Waals surface area contributed by atoms with Gasteiger partial charge in [0.25, 0.3) is 5.91 Å². The molecular weight excluding hydrogens is 405 g/mol. The van der Waals surface area contributed by atoms with Crippen LogP contribution in [0.25, 0.3) is 0 Å². The third kappa shape index (κ3) is 4.19. The van der Waals surface area contributed by atoms with Crippen molar-refractivity contribution in [3.05, 3.63) is 71.0 Å². The van der Waals surface area contributed by atoms with Crippen molar-refractivity contribution in [3.63, 3.8) is 0 Å².